The van der Waals surface area contributed by atoms with Crippen LogP contribution < -0.4 is 5.32 Å². The van der Waals surface area contributed by atoms with Gasteiger partial charge in [-0.1, -0.05) is 23.7 Å². The Kier molecular flexibility index (Phi) is 6.62. The van der Waals surface area contributed by atoms with Crippen LogP contribution in [0.25, 0.3) is 0 Å². The van der Waals surface area contributed by atoms with Crippen LogP contribution in [0.15, 0.2) is 42.5 Å². The van der Waals surface area contributed by atoms with Crippen molar-refractivity contribution in [3.05, 3.63) is 64.7 Å². The summed E-state index contributed by atoms with van der Waals surface area (Å²) < 4.78 is 26.5. The second-order valence-electron chi connectivity index (χ2n) is 6.93. The number of hydrogen-bond donors (Lipinski definition) is 1. The Hall–Kier alpha value is -2.47. The van der Waals surface area contributed by atoms with Gasteiger partial charge in [-0.3, -0.25) is 9.59 Å². The lowest BCUT2D eigenvalue weighted by atomic mass is 9.91. The number of rotatable bonds is 5. The van der Waals surface area contributed by atoms with Gasteiger partial charge in [0.2, 0.25) is 5.91 Å². The van der Waals surface area contributed by atoms with E-state index in [1.54, 1.807) is 29.2 Å². The van der Waals surface area contributed by atoms with Gasteiger partial charge in [0, 0.05) is 25.6 Å². The van der Waals surface area contributed by atoms with E-state index in [4.69, 9.17) is 11.6 Å². The van der Waals surface area contributed by atoms with Crippen LogP contribution in [0.4, 0.5) is 14.5 Å². The molecule has 0 unspecified atom stereocenters. The molecule has 0 atom stereocenters. The standard InChI is InChI=1S/C21H21ClF2N2O2/c22-17-4-2-1-3-16(17)21(28)26-11-9-14(10-12-26)5-8-20(27)25-19-7-6-15(23)13-18(19)24/h1-4,6-7,13-14H,5,8-12H2,(H,25,27). The second kappa shape index (κ2) is 9.15. The van der Waals surface area contributed by atoms with Crippen molar-refractivity contribution >= 4 is 29.1 Å². The molecule has 0 radical (unpaired) electrons. The lowest BCUT2D eigenvalue weighted by Gasteiger charge is -2.32. The molecule has 1 heterocycles. The summed E-state index contributed by atoms with van der Waals surface area (Å²) in [5, 5.41) is 2.92. The minimum absolute atomic E-state index is 0.0217. The number of piperidine rings is 1. The fourth-order valence-corrected chi connectivity index (χ4v) is 3.59. The van der Waals surface area contributed by atoms with Crippen LogP contribution >= 0.6 is 11.6 Å². The molecule has 148 valence electrons. The van der Waals surface area contributed by atoms with Crippen molar-refractivity contribution in [3.63, 3.8) is 0 Å². The molecule has 0 aliphatic carbocycles. The van der Waals surface area contributed by atoms with Crippen molar-refractivity contribution in [1.82, 2.24) is 4.90 Å². The molecule has 0 bridgehead atoms. The smallest absolute Gasteiger partial charge is 0.255 e. The summed E-state index contributed by atoms with van der Waals surface area (Å²) in [7, 11) is 0. The molecule has 1 aliphatic rings. The van der Waals surface area contributed by atoms with Gasteiger partial charge in [-0.25, -0.2) is 8.78 Å². The van der Waals surface area contributed by atoms with Crippen molar-refractivity contribution < 1.29 is 18.4 Å². The van der Waals surface area contributed by atoms with Gasteiger partial charge in [-0.15, -0.1) is 0 Å². The monoisotopic (exact) mass is 406 g/mol. The zero-order chi connectivity index (χ0) is 20.1. The Balaban J connectivity index is 1.45. The van der Waals surface area contributed by atoms with E-state index in [1.165, 1.54) is 6.07 Å². The van der Waals surface area contributed by atoms with Crippen LogP contribution in [0.1, 0.15) is 36.0 Å². The molecule has 4 nitrogen and oxygen atoms in total. The topological polar surface area (TPSA) is 49.4 Å². The molecule has 28 heavy (non-hydrogen) atoms. The molecule has 0 spiro atoms. The average Bonchev–Trinajstić information content (AvgIpc) is 2.69. The number of carbonyl (C=O) groups excluding carboxylic acids is 2. The molecule has 2 aromatic rings. The molecule has 1 saturated heterocycles. The van der Waals surface area contributed by atoms with Gasteiger partial charge in [0.1, 0.15) is 11.6 Å². The molecule has 7 heteroatoms. The number of benzene rings is 2. The SMILES string of the molecule is O=C(CCC1CCN(C(=O)c2ccccc2Cl)CC1)Nc1ccc(F)cc1F. The number of nitrogens with one attached hydrogen (secondary N) is 1. The average molecular weight is 407 g/mol. The number of amides is 2. The summed E-state index contributed by atoms with van der Waals surface area (Å²) in [6, 6.07) is 10.0. The van der Waals surface area contributed by atoms with E-state index in [0.29, 0.717) is 36.0 Å². The number of likely N-dealkylation sites (tertiary alicyclic amines) is 1. The van der Waals surface area contributed by atoms with Crippen LogP contribution in [0.3, 0.4) is 0 Å². The number of anilines is 1. The quantitative estimate of drug-likeness (QED) is 0.768. The molecular formula is C21H21ClF2N2O2. The highest BCUT2D eigenvalue weighted by Crippen LogP contribution is 2.25. The van der Waals surface area contributed by atoms with Gasteiger partial charge >= 0.3 is 0 Å². The van der Waals surface area contributed by atoms with Crippen LogP contribution in [0, 0.1) is 17.6 Å². The molecular weight excluding hydrogens is 386 g/mol. The summed E-state index contributed by atoms with van der Waals surface area (Å²) in [6.07, 6.45) is 2.51. The van der Waals surface area contributed by atoms with Crippen molar-refractivity contribution in [2.75, 3.05) is 18.4 Å². The van der Waals surface area contributed by atoms with Gasteiger partial charge in [-0.2, -0.15) is 0 Å². The first-order chi connectivity index (χ1) is 13.4. The first-order valence-corrected chi connectivity index (χ1v) is 9.60. The molecule has 1 fully saturated rings. The van der Waals surface area contributed by atoms with E-state index < -0.39 is 11.6 Å². The van der Waals surface area contributed by atoms with Gasteiger partial charge in [0.15, 0.2) is 0 Å². The predicted molar refractivity (Wildman–Crippen MR) is 104 cm³/mol. The third-order valence-corrected chi connectivity index (χ3v) is 5.32. The van der Waals surface area contributed by atoms with E-state index in [-0.39, 0.29) is 23.9 Å². The minimum Gasteiger partial charge on any atom is -0.339 e. The lowest BCUT2D eigenvalue weighted by Crippen LogP contribution is -2.38. The van der Waals surface area contributed by atoms with Crippen molar-refractivity contribution in [1.29, 1.82) is 0 Å². The van der Waals surface area contributed by atoms with Crippen LogP contribution in [-0.2, 0) is 4.79 Å². The van der Waals surface area contributed by atoms with E-state index in [0.717, 1.165) is 25.0 Å². The number of hydrogen-bond acceptors (Lipinski definition) is 2. The maximum Gasteiger partial charge on any atom is 0.255 e. The molecule has 1 aliphatic heterocycles. The van der Waals surface area contributed by atoms with Gasteiger partial charge < -0.3 is 10.2 Å². The fraction of sp³-hybridized carbons (Fsp3) is 0.333. The highest BCUT2D eigenvalue weighted by Gasteiger charge is 2.25. The molecule has 0 saturated carbocycles. The molecule has 1 N–H and O–H groups in total. The van der Waals surface area contributed by atoms with E-state index in [2.05, 4.69) is 5.32 Å². The second-order valence-corrected chi connectivity index (χ2v) is 7.33. The first kappa shape index (κ1) is 20.3. The zero-order valence-electron chi connectivity index (χ0n) is 15.3. The van der Waals surface area contributed by atoms with Gasteiger partial charge in [0.25, 0.3) is 5.91 Å². The summed E-state index contributed by atoms with van der Waals surface area (Å²) in [4.78, 5) is 26.4. The van der Waals surface area contributed by atoms with E-state index in [9.17, 15) is 18.4 Å². The summed E-state index contributed by atoms with van der Waals surface area (Å²) in [5.74, 6) is -1.54. The molecule has 2 aromatic carbocycles. The third kappa shape index (κ3) is 5.07. The van der Waals surface area contributed by atoms with Crippen LogP contribution in [0.2, 0.25) is 5.02 Å². The lowest BCUT2D eigenvalue weighted by molar-refractivity contribution is -0.116. The third-order valence-electron chi connectivity index (χ3n) is 4.99. The van der Waals surface area contributed by atoms with Crippen molar-refractivity contribution in [3.8, 4) is 0 Å². The largest absolute Gasteiger partial charge is 0.339 e. The normalized spacial score (nSPS) is 14.8. The molecule has 3 rings (SSSR count). The van der Waals surface area contributed by atoms with E-state index >= 15 is 0 Å². The van der Waals surface area contributed by atoms with Crippen LogP contribution in [-0.4, -0.2) is 29.8 Å². The number of carbonyl (C=O) groups is 2. The maximum absolute atomic E-state index is 13.6. The zero-order valence-corrected chi connectivity index (χ0v) is 16.0. The Bertz CT molecular complexity index is 867. The number of nitrogens with zero attached hydrogens (tertiary/aromatic N) is 1. The summed E-state index contributed by atoms with van der Waals surface area (Å²) >= 11 is 6.10. The first-order valence-electron chi connectivity index (χ1n) is 9.22. The summed E-state index contributed by atoms with van der Waals surface area (Å²) in [5.41, 5.74) is 0.481. The maximum atomic E-state index is 13.6. The highest BCUT2D eigenvalue weighted by atomic mass is 35.5. The van der Waals surface area contributed by atoms with Gasteiger partial charge in [0.05, 0.1) is 16.3 Å². The van der Waals surface area contributed by atoms with Crippen LogP contribution in [0.5, 0.6) is 0 Å². The van der Waals surface area contributed by atoms with Gasteiger partial charge in [-0.05, 0) is 49.4 Å². The molecule has 2 amide bonds. The van der Waals surface area contributed by atoms with Crippen molar-refractivity contribution in [2.24, 2.45) is 5.92 Å². The minimum atomic E-state index is -0.792. The fourth-order valence-electron chi connectivity index (χ4n) is 3.37. The van der Waals surface area contributed by atoms with E-state index in [1.807, 2.05) is 0 Å². The number of halogens is 3. The Morgan fingerprint density at radius 1 is 1.11 bits per heavy atom. The Morgan fingerprint density at radius 3 is 2.50 bits per heavy atom. The Labute approximate surface area is 167 Å². The van der Waals surface area contributed by atoms with Crippen molar-refractivity contribution in [2.45, 2.75) is 25.7 Å². The summed E-state index contributed by atoms with van der Waals surface area (Å²) in [6.45, 7) is 1.23. The Morgan fingerprint density at radius 2 is 1.82 bits per heavy atom. The predicted octanol–water partition coefficient (Wildman–Crippen LogP) is 4.89. The molecule has 0 aromatic heterocycles. The highest BCUT2D eigenvalue weighted by molar-refractivity contribution is 6.33.